The van der Waals surface area contributed by atoms with Gasteiger partial charge in [0.1, 0.15) is 10.5 Å². The molecule has 0 aromatic rings. The van der Waals surface area contributed by atoms with Gasteiger partial charge in [-0.1, -0.05) is 21.6 Å². The van der Waals surface area contributed by atoms with Crippen molar-refractivity contribution in [1.82, 2.24) is 0 Å². The molecule has 86 valence electrons. The molecule has 2 fully saturated rings. The fourth-order valence-corrected chi connectivity index (χ4v) is 3.80. The smallest absolute Gasteiger partial charge is 0.328 e. The number of carbonyl (C=O) groups excluding carboxylic acids is 4. The van der Waals surface area contributed by atoms with Gasteiger partial charge in [-0.15, -0.1) is 0 Å². The van der Waals surface area contributed by atoms with Gasteiger partial charge in [-0.2, -0.15) is 0 Å². The zero-order chi connectivity index (χ0) is 11.7. The van der Waals surface area contributed by atoms with Gasteiger partial charge in [0, 0.05) is 0 Å². The van der Waals surface area contributed by atoms with Crippen molar-refractivity contribution in [2.75, 3.05) is 0 Å². The minimum atomic E-state index is -0.597. The van der Waals surface area contributed by atoms with Crippen LogP contribution < -0.4 is 0 Å². The Morgan fingerprint density at radius 2 is 1.19 bits per heavy atom. The largest absolute Gasteiger partial charge is 0.392 e. The van der Waals surface area contributed by atoms with Crippen molar-refractivity contribution >= 4 is 45.5 Å². The Labute approximate surface area is 97.8 Å². The van der Waals surface area contributed by atoms with Gasteiger partial charge < -0.3 is 9.47 Å². The highest BCUT2D eigenvalue weighted by atomic mass is 33.1. The second kappa shape index (κ2) is 4.46. The third-order valence-corrected chi connectivity index (χ3v) is 4.97. The van der Waals surface area contributed by atoms with Crippen LogP contribution in [0.5, 0.6) is 0 Å². The monoisotopic (exact) mass is 262 g/mol. The predicted octanol–water partition coefficient (Wildman–Crippen LogP) is 0.0520. The normalized spacial score (nSPS) is 29.5. The molecule has 0 radical (unpaired) electrons. The maximum absolute atomic E-state index is 11.1. The Balaban J connectivity index is 1.84. The summed E-state index contributed by atoms with van der Waals surface area (Å²) in [6, 6.07) is 0. The molecule has 8 heteroatoms. The van der Waals surface area contributed by atoms with E-state index in [9.17, 15) is 19.2 Å². The molecule has 0 aliphatic carbocycles. The predicted molar refractivity (Wildman–Crippen MR) is 54.2 cm³/mol. The molecule has 0 aromatic carbocycles. The molecule has 0 amide bonds. The first kappa shape index (κ1) is 11.5. The summed E-state index contributed by atoms with van der Waals surface area (Å²) >= 11 is 0. The van der Waals surface area contributed by atoms with Crippen LogP contribution in [0.15, 0.2) is 0 Å². The lowest BCUT2D eigenvalue weighted by Crippen LogP contribution is -2.12. The van der Waals surface area contributed by atoms with E-state index in [4.69, 9.17) is 0 Å². The van der Waals surface area contributed by atoms with Gasteiger partial charge in [0.05, 0.1) is 12.8 Å². The van der Waals surface area contributed by atoms with Crippen molar-refractivity contribution in [2.45, 2.75) is 23.3 Å². The van der Waals surface area contributed by atoms with Crippen molar-refractivity contribution in [3.8, 4) is 0 Å². The highest BCUT2D eigenvalue weighted by molar-refractivity contribution is 8.77. The minimum Gasteiger partial charge on any atom is -0.392 e. The summed E-state index contributed by atoms with van der Waals surface area (Å²) in [7, 11) is 2.13. The van der Waals surface area contributed by atoms with Crippen LogP contribution in [-0.4, -0.2) is 34.4 Å². The quantitative estimate of drug-likeness (QED) is 0.400. The molecule has 2 saturated heterocycles. The van der Waals surface area contributed by atoms with Gasteiger partial charge in [-0.25, -0.2) is 0 Å². The van der Waals surface area contributed by atoms with E-state index in [2.05, 4.69) is 9.47 Å². The summed E-state index contributed by atoms with van der Waals surface area (Å²) in [4.78, 5) is 43.7. The van der Waals surface area contributed by atoms with Crippen molar-refractivity contribution in [3.05, 3.63) is 0 Å². The van der Waals surface area contributed by atoms with E-state index in [0.29, 0.717) is 0 Å². The van der Waals surface area contributed by atoms with E-state index in [1.54, 1.807) is 0 Å². The summed E-state index contributed by atoms with van der Waals surface area (Å²) in [5, 5.41) is -1.19. The Bertz CT molecular complexity index is 343. The van der Waals surface area contributed by atoms with Gasteiger partial charge >= 0.3 is 23.9 Å². The molecule has 2 aliphatic rings. The van der Waals surface area contributed by atoms with Crippen molar-refractivity contribution in [3.63, 3.8) is 0 Å². The topological polar surface area (TPSA) is 86.7 Å². The van der Waals surface area contributed by atoms with Crippen LogP contribution in [0.3, 0.4) is 0 Å². The summed E-state index contributed by atoms with van der Waals surface area (Å²) in [5.41, 5.74) is 0. The van der Waals surface area contributed by atoms with Gasteiger partial charge in [-0.05, 0) is 0 Å². The second-order valence-corrected chi connectivity index (χ2v) is 5.84. The number of carbonyl (C=O) groups is 4. The van der Waals surface area contributed by atoms with Crippen LogP contribution in [0, 0.1) is 0 Å². The number of rotatable bonds is 3. The lowest BCUT2D eigenvalue weighted by Gasteiger charge is -2.05. The number of cyclic esters (lactones) is 4. The molecule has 0 spiro atoms. The van der Waals surface area contributed by atoms with E-state index in [-0.39, 0.29) is 12.8 Å². The molecule has 2 unspecified atom stereocenters. The molecular formula is C8H6O6S2. The summed E-state index contributed by atoms with van der Waals surface area (Å²) < 4.78 is 8.68. The molecule has 2 heterocycles. The van der Waals surface area contributed by atoms with Crippen LogP contribution in [0.1, 0.15) is 12.8 Å². The standard InChI is InChI=1S/C8H6O6S2/c9-5-1-3(7(11)13-5)15-16-4-2-6(10)14-8(4)12/h3-4H,1-2H2. The van der Waals surface area contributed by atoms with Crippen LogP contribution in [0.25, 0.3) is 0 Å². The van der Waals surface area contributed by atoms with Crippen molar-refractivity contribution in [1.29, 1.82) is 0 Å². The first-order chi connectivity index (χ1) is 7.56. The van der Waals surface area contributed by atoms with Crippen molar-refractivity contribution in [2.24, 2.45) is 0 Å². The molecule has 0 saturated carbocycles. The Morgan fingerprint density at radius 3 is 1.44 bits per heavy atom. The van der Waals surface area contributed by atoms with Crippen LogP contribution in [0.2, 0.25) is 0 Å². The molecule has 2 rings (SSSR count). The lowest BCUT2D eigenvalue weighted by atomic mass is 10.4. The molecule has 0 bridgehead atoms. The minimum absolute atomic E-state index is 0.00616. The van der Waals surface area contributed by atoms with Crippen LogP contribution >= 0.6 is 21.6 Å². The molecular weight excluding hydrogens is 256 g/mol. The zero-order valence-corrected chi connectivity index (χ0v) is 9.47. The van der Waals surface area contributed by atoms with E-state index >= 15 is 0 Å². The fourth-order valence-electron chi connectivity index (χ4n) is 1.19. The average Bonchev–Trinajstić information content (AvgIpc) is 2.66. The highest BCUT2D eigenvalue weighted by Crippen LogP contribution is 2.39. The first-order valence-electron chi connectivity index (χ1n) is 4.37. The second-order valence-electron chi connectivity index (χ2n) is 3.16. The fraction of sp³-hybridized carbons (Fsp3) is 0.500. The molecule has 2 aliphatic heterocycles. The summed E-state index contributed by atoms with van der Waals surface area (Å²) in [5.74, 6) is -2.32. The number of ether oxygens (including phenoxy) is 2. The van der Waals surface area contributed by atoms with Crippen LogP contribution in [-0.2, 0) is 28.7 Å². The highest BCUT2D eigenvalue weighted by Gasteiger charge is 2.39. The average molecular weight is 262 g/mol. The lowest BCUT2D eigenvalue weighted by molar-refractivity contribution is -0.153. The van der Waals surface area contributed by atoms with Gasteiger partial charge in [0.15, 0.2) is 0 Å². The van der Waals surface area contributed by atoms with Gasteiger partial charge in [0.25, 0.3) is 0 Å². The first-order valence-corrected chi connectivity index (χ1v) is 6.65. The maximum Gasteiger partial charge on any atom is 0.328 e. The third kappa shape index (κ3) is 2.38. The number of hydrogen-bond acceptors (Lipinski definition) is 8. The Morgan fingerprint density at radius 1 is 0.812 bits per heavy atom. The SMILES string of the molecule is O=C1CC(SSC2CC(=O)OC2=O)C(=O)O1. The molecule has 16 heavy (non-hydrogen) atoms. The van der Waals surface area contributed by atoms with E-state index in [1.807, 2.05) is 0 Å². The molecule has 6 nitrogen and oxygen atoms in total. The summed E-state index contributed by atoms with van der Waals surface area (Å²) in [6.07, 6.45) is 0.0123. The number of hydrogen-bond donors (Lipinski definition) is 0. The number of esters is 4. The summed E-state index contributed by atoms with van der Waals surface area (Å²) in [6.45, 7) is 0. The van der Waals surface area contributed by atoms with Gasteiger partial charge in [0.2, 0.25) is 0 Å². The third-order valence-electron chi connectivity index (χ3n) is 1.95. The van der Waals surface area contributed by atoms with E-state index in [0.717, 1.165) is 21.6 Å². The molecule has 2 atom stereocenters. The maximum atomic E-state index is 11.1. The van der Waals surface area contributed by atoms with Crippen molar-refractivity contribution < 1.29 is 28.7 Å². The van der Waals surface area contributed by atoms with E-state index < -0.39 is 34.4 Å². The van der Waals surface area contributed by atoms with Gasteiger partial charge in [-0.3, -0.25) is 19.2 Å². The van der Waals surface area contributed by atoms with E-state index in [1.165, 1.54) is 0 Å². The van der Waals surface area contributed by atoms with Crippen LogP contribution in [0.4, 0.5) is 0 Å². The zero-order valence-electron chi connectivity index (χ0n) is 7.83. The molecule has 0 N–H and O–H groups in total. The molecule has 0 aromatic heterocycles. The Hall–Kier alpha value is -1.02. The Kier molecular flexibility index (Phi) is 3.20.